The van der Waals surface area contributed by atoms with Crippen molar-refractivity contribution in [2.45, 2.75) is 34.3 Å². The van der Waals surface area contributed by atoms with Crippen LogP contribution in [0.3, 0.4) is 0 Å². The van der Waals surface area contributed by atoms with E-state index < -0.39 is 4.33 Å². The molecule has 0 aromatic carbocycles. The largest absolute Gasteiger partial charge is 0.134 e. The highest BCUT2D eigenvalue weighted by Crippen LogP contribution is 2.42. The van der Waals surface area contributed by atoms with E-state index in [4.69, 9.17) is 46.4 Å². The predicted molar refractivity (Wildman–Crippen MR) is 47.6 cm³/mol. The number of rotatable bonds is 0. The van der Waals surface area contributed by atoms with E-state index in [-0.39, 0.29) is 10.8 Å². The lowest BCUT2D eigenvalue weighted by atomic mass is 9.99. The van der Waals surface area contributed by atoms with Crippen LogP contribution in [0.25, 0.3) is 0 Å². The minimum Gasteiger partial charge on any atom is -0.123 e. The van der Waals surface area contributed by atoms with Crippen LogP contribution in [-0.4, -0.2) is 15.1 Å². The lowest BCUT2D eigenvalue weighted by molar-refractivity contribution is 0.492. The van der Waals surface area contributed by atoms with Crippen LogP contribution in [0.4, 0.5) is 0 Å². The van der Waals surface area contributed by atoms with Crippen molar-refractivity contribution in [2.24, 2.45) is 0 Å². The Hall–Kier alpha value is 1.16. The zero-order valence-corrected chi connectivity index (χ0v) is 8.31. The van der Waals surface area contributed by atoms with Crippen molar-refractivity contribution in [3.05, 3.63) is 0 Å². The average Bonchev–Trinajstić information content (AvgIpc) is 1.81. The minimum atomic E-state index is -0.757. The molecule has 0 heterocycles. The predicted octanol–water partition coefficient (Wildman–Crippen LogP) is 3.56. The third-order valence-electron chi connectivity index (χ3n) is 1.71. The molecule has 1 fully saturated rings. The summed E-state index contributed by atoms with van der Waals surface area (Å²) < 4.78 is -0.757. The summed E-state index contributed by atoms with van der Waals surface area (Å²) in [4.78, 5) is 0. The second kappa shape index (κ2) is 3.26. The first-order valence-corrected chi connectivity index (χ1v) is 4.81. The molecule has 0 unspecified atom stereocenters. The van der Waals surface area contributed by atoms with E-state index >= 15 is 0 Å². The van der Waals surface area contributed by atoms with Gasteiger partial charge in [0.1, 0.15) is 4.33 Å². The van der Waals surface area contributed by atoms with Crippen LogP contribution in [0.15, 0.2) is 0 Å². The zero-order chi connectivity index (χ0) is 7.78. The molecule has 1 aliphatic carbocycles. The molecule has 0 aromatic rings. The number of alkyl halides is 4. The van der Waals surface area contributed by atoms with Gasteiger partial charge in [0.25, 0.3) is 0 Å². The van der Waals surface area contributed by atoms with Crippen molar-refractivity contribution in [2.75, 3.05) is 0 Å². The summed E-state index contributed by atoms with van der Waals surface area (Å²) in [6.07, 6.45) is 2.26. The Bertz CT molecular complexity index is 123. The molecule has 0 spiro atoms. The van der Waals surface area contributed by atoms with E-state index in [2.05, 4.69) is 0 Å². The fraction of sp³-hybridized carbons (Fsp3) is 1.00. The molecular formula is C6H8Cl4. The molecule has 1 saturated carbocycles. The highest BCUT2D eigenvalue weighted by atomic mass is 35.5. The lowest BCUT2D eigenvalue weighted by Gasteiger charge is -2.32. The minimum absolute atomic E-state index is 0.146. The third kappa shape index (κ3) is 2.07. The second-order valence-corrected chi connectivity index (χ2v) is 5.29. The van der Waals surface area contributed by atoms with Crippen LogP contribution in [0.1, 0.15) is 19.3 Å². The van der Waals surface area contributed by atoms with Crippen LogP contribution in [0, 0.1) is 0 Å². The fourth-order valence-electron chi connectivity index (χ4n) is 1.02. The molecule has 0 nitrogen and oxygen atoms in total. The molecule has 1 aliphatic rings. The molecular weight excluding hydrogens is 214 g/mol. The average molecular weight is 222 g/mol. The Morgan fingerprint density at radius 2 is 1.80 bits per heavy atom. The summed E-state index contributed by atoms with van der Waals surface area (Å²) >= 11 is 23.4. The van der Waals surface area contributed by atoms with Crippen LogP contribution >= 0.6 is 46.4 Å². The Balaban J connectivity index is 2.52. The molecule has 0 amide bonds. The van der Waals surface area contributed by atoms with Gasteiger partial charge in [0.15, 0.2) is 0 Å². The molecule has 0 aromatic heterocycles. The van der Waals surface area contributed by atoms with Gasteiger partial charge in [-0.1, -0.05) is 0 Å². The summed E-state index contributed by atoms with van der Waals surface area (Å²) in [7, 11) is 0. The maximum Gasteiger partial charge on any atom is 0.134 e. The van der Waals surface area contributed by atoms with Gasteiger partial charge in [-0.25, -0.2) is 0 Å². The lowest BCUT2D eigenvalue weighted by Crippen LogP contribution is -2.34. The first-order chi connectivity index (χ1) is 4.52. The molecule has 60 valence electrons. The van der Waals surface area contributed by atoms with Crippen molar-refractivity contribution in [1.29, 1.82) is 0 Å². The van der Waals surface area contributed by atoms with Gasteiger partial charge in [0.05, 0.1) is 5.38 Å². The highest BCUT2D eigenvalue weighted by Gasteiger charge is 2.38. The molecule has 0 radical (unpaired) electrons. The molecule has 1 rings (SSSR count). The first-order valence-electron chi connectivity index (χ1n) is 3.18. The van der Waals surface area contributed by atoms with Gasteiger partial charge >= 0.3 is 0 Å². The maximum absolute atomic E-state index is 5.86. The van der Waals surface area contributed by atoms with Gasteiger partial charge in [0.2, 0.25) is 0 Å². The van der Waals surface area contributed by atoms with Crippen LogP contribution in [0.2, 0.25) is 0 Å². The van der Waals surface area contributed by atoms with Crippen molar-refractivity contribution >= 4 is 46.4 Å². The van der Waals surface area contributed by atoms with E-state index in [0.29, 0.717) is 12.8 Å². The van der Waals surface area contributed by atoms with Crippen LogP contribution in [-0.2, 0) is 0 Å². The topological polar surface area (TPSA) is 0 Å². The van der Waals surface area contributed by atoms with Crippen molar-refractivity contribution in [3.8, 4) is 0 Å². The summed E-state index contributed by atoms with van der Waals surface area (Å²) in [5, 5.41) is -0.0554. The van der Waals surface area contributed by atoms with E-state index in [1.807, 2.05) is 0 Å². The van der Waals surface area contributed by atoms with Gasteiger partial charge in [0, 0.05) is 5.38 Å². The highest BCUT2D eigenvalue weighted by molar-refractivity contribution is 6.52. The van der Waals surface area contributed by atoms with Gasteiger partial charge in [-0.2, -0.15) is 0 Å². The Morgan fingerprint density at radius 3 is 2.20 bits per heavy atom. The van der Waals surface area contributed by atoms with Gasteiger partial charge < -0.3 is 0 Å². The van der Waals surface area contributed by atoms with Gasteiger partial charge in [-0.3, -0.25) is 0 Å². The molecule has 4 heteroatoms. The van der Waals surface area contributed by atoms with E-state index in [0.717, 1.165) is 6.42 Å². The van der Waals surface area contributed by atoms with Crippen LogP contribution in [0.5, 0.6) is 0 Å². The maximum atomic E-state index is 5.86. The number of hydrogen-bond donors (Lipinski definition) is 0. The van der Waals surface area contributed by atoms with Gasteiger partial charge in [-0.15, -0.1) is 46.4 Å². The zero-order valence-electron chi connectivity index (χ0n) is 5.29. The molecule has 0 bridgehead atoms. The molecule has 0 aliphatic heterocycles. The SMILES string of the molecule is Cl[C@@H]1CCC(Cl)(Cl)[C@@H](Cl)C1. The van der Waals surface area contributed by atoms with Crippen molar-refractivity contribution in [1.82, 2.24) is 0 Å². The van der Waals surface area contributed by atoms with Crippen molar-refractivity contribution < 1.29 is 0 Å². The quantitative estimate of drug-likeness (QED) is 0.549. The summed E-state index contributed by atoms with van der Waals surface area (Å²) in [5.74, 6) is 0. The molecule has 0 N–H and O–H groups in total. The Morgan fingerprint density at radius 1 is 1.20 bits per heavy atom. The van der Waals surface area contributed by atoms with E-state index in [9.17, 15) is 0 Å². The Kier molecular flexibility index (Phi) is 3.02. The second-order valence-electron chi connectivity index (χ2n) is 2.60. The van der Waals surface area contributed by atoms with E-state index in [1.54, 1.807) is 0 Å². The molecule has 0 saturated heterocycles. The smallest absolute Gasteiger partial charge is 0.123 e. The molecule has 2 atom stereocenters. The monoisotopic (exact) mass is 220 g/mol. The van der Waals surface area contributed by atoms with E-state index in [1.165, 1.54) is 0 Å². The number of halogens is 4. The number of hydrogen-bond acceptors (Lipinski definition) is 0. The standard InChI is InChI=1S/C6H8Cl4/c7-4-1-2-6(9,10)5(8)3-4/h4-5H,1-3H2/t4-,5+/m1/s1. The Labute approximate surface area is 80.8 Å². The summed E-state index contributed by atoms with van der Waals surface area (Å²) in [6, 6.07) is 0. The molecule has 10 heavy (non-hydrogen) atoms. The van der Waals surface area contributed by atoms with Gasteiger partial charge in [-0.05, 0) is 19.3 Å². The summed E-state index contributed by atoms with van der Waals surface area (Å²) in [5.41, 5.74) is 0. The van der Waals surface area contributed by atoms with Crippen molar-refractivity contribution in [3.63, 3.8) is 0 Å². The normalized spacial score (nSPS) is 39.6. The summed E-state index contributed by atoms with van der Waals surface area (Å²) in [6.45, 7) is 0. The fourth-order valence-corrected chi connectivity index (χ4v) is 2.12. The van der Waals surface area contributed by atoms with Crippen LogP contribution < -0.4 is 0 Å². The third-order valence-corrected chi connectivity index (χ3v) is 3.79. The first kappa shape index (κ1) is 9.25.